The number of rotatable bonds is 10. The van der Waals surface area contributed by atoms with Crippen molar-refractivity contribution in [3.05, 3.63) is 75.5 Å². The first kappa shape index (κ1) is 33.8. The van der Waals surface area contributed by atoms with Crippen molar-refractivity contribution >= 4 is 29.1 Å². The summed E-state index contributed by atoms with van der Waals surface area (Å²) in [6, 6.07) is 7.43. The summed E-state index contributed by atoms with van der Waals surface area (Å²) >= 11 is 6.28. The number of amides is 2. The third-order valence-electron chi connectivity index (χ3n) is 6.17. The van der Waals surface area contributed by atoms with E-state index in [1.165, 1.54) is 44.3 Å². The standard InChI is InChI=1S/C26H21ClF6N10O3/c1-3-15(12-46-26(31,32)33)36-22(44)17-8-14(10-34)7-13(2)20(17)37-23(45)19-9-16(11-42-40-24(38-41-42)25(28,29)30)39-43(19)21-18(27)5-4-6-35-21/h4-9,15H,3,11-12H2,1-2H3,(H,36,44)(H,37,45). The molecule has 1 atom stereocenters. The Hall–Kier alpha value is -5.09. The fraction of sp³-hybridized carbons (Fsp3) is 0.308. The zero-order chi connectivity index (χ0) is 33.8. The Morgan fingerprint density at radius 2 is 1.87 bits per heavy atom. The van der Waals surface area contributed by atoms with Gasteiger partial charge in [0, 0.05) is 6.20 Å². The van der Waals surface area contributed by atoms with Crippen molar-refractivity contribution in [1.29, 1.82) is 5.26 Å². The van der Waals surface area contributed by atoms with E-state index in [1.54, 1.807) is 0 Å². The summed E-state index contributed by atoms with van der Waals surface area (Å²) in [6.07, 6.45) is -8.38. The number of tetrazole rings is 1. The smallest absolute Gasteiger partial charge is 0.347 e. The summed E-state index contributed by atoms with van der Waals surface area (Å²) in [7, 11) is 0. The van der Waals surface area contributed by atoms with Gasteiger partial charge in [-0.05, 0) is 54.5 Å². The summed E-state index contributed by atoms with van der Waals surface area (Å²) in [6.45, 7) is 1.65. The second-order valence-electron chi connectivity index (χ2n) is 9.50. The van der Waals surface area contributed by atoms with Gasteiger partial charge in [-0.25, -0.2) is 9.67 Å². The summed E-state index contributed by atoms with van der Waals surface area (Å²) < 4.78 is 81.5. The molecular formula is C26H21ClF6N10O3. The van der Waals surface area contributed by atoms with Gasteiger partial charge in [0.25, 0.3) is 17.6 Å². The van der Waals surface area contributed by atoms with Crippen LogP contribution in [0.2, 0.25) is 5.02 Å². The molecule has 0 bridgehead atoms. The normalized spacial score (nSPS) is 12.4. The SMILES string of the molecule is CCC(COC(F)(F)F)NC(=O)c1cc(C#N)cc(C)c1NC(=O)c1cc(Cn2nnc(C(F)(F)F)n2)nn1-c1ncccc1Cl. The van der Waals surface area contributed by atoms with E-state index in [4.69, 9.17) is 11.6 Å². The number of halogens is 7. The highest BCUT2D eigenvalue weighted by Gasteiger charge is 2.37. The molecule has 0 saturated heterocycles. The van der Waals surface area contributed by atoms with E-state index in [1.807, 2.05) is 6.07 Å². The van der Waals surface area contributed by atoms with Gasteiger partial charge in [-0.15, -0.1) is 23.4 Å². The van der Waals surface area contributed by atoms with Gasteiger partial charge in [-0.2, -0.15) is 28.3 Å². The maximum absolute atomic E-state index is 13.7. The molecule has 1 unspecified atom stereocenters. The van der Waals surface area contributed by atoms with E-state index in [-0.39, 0.29) is 51.0 Å². The Kier molecular flexibility index (Phi) is 9.92. The van der Waals surface area contributed by atoms with Crippen molar-refractivity contribution in [2.24, 2.45) is 0 Å². The molecule has 13 nitrogen and oxygen atoms in total. The molecule has 46 heavy (non-hydrogen) atoms. The summed E-state index contributed by atoms with van der Waals surface area (Å²) in [4.78, 5) is 31.7. The van der Waals surface area contributed by atoms with Crippen LogP contribution in [-0.2, 0) is 17.5 Å². The number of carbonyl (C=O) groups excluding carboxylic acids is 2. The first-order valence-corrected chi connectivity index (χ1v) is 13.4. The number of nitrogens with one attached hydrogen (secondary N) is 2. The molecule has 2 N–H and O–H groups in total. The number of hydrogen-bond acceptors (Lipinski definition) is 9. The predicted octanol–water partition coefficient (Wildman–Crippen LogP) is 4.45. The number of ether oxygens (including phenoxy) is 1. The number of hydrogen-bond donors (Lipinski definition) is 2. The zero-order valence-corrected chi connectivity index (χ0v) is 24.4. The number of aromatic nitrogens is 7. The average Bonchev–Trinajstić information content (AvgIpc) is 3.63. The minimum absolute atomic E-state index is 0.0111. The first-order valence-electron chi connectivity index (χ1n) is 13.0. The fourth-order valence-corrected chi connectivity index (χ4v) is 4.23. The molecule has 20 heteroatoms. The Morgan fingerprint density at radius 3 is 2.48 bits per heavy atom. The maximum atomic E-state index is 13.7. The lowest BCUT2D eigenvalue weighted by molar-refractivity contribution is -0.326. The summed E-state index contributed by atoms with van der Waals surface area (Å²) in [5.74, 6) is -3.34. The van der Waals surface area contributed by atoms with Gasteiger partial charge in [-0.3, -0.25) is 14.3 Å². The molecule has 4 aromatic rings. The van der Waals surface area contributed by atoms with Gasteiger partial charge >= 0.3 is 12.5 Å². The minimum atomic E-state index is -4.93. The number of nitriles is 1. The highest BCUT2D eigenvalue weighted by atomic mass is 35.5. The van der Waals surface area contributed by atoms with E-state index in [2.05, 4.69) is 40.9 Å². The van der Waals surface area contributed by atoms with Crippen LogP contribution in [0.1, 0.15) is 56.8 Å². The van der Waals surface area contributed by atoms with Crippen LogP contribution in [0.4, 0.5) is 32.0 Å². The Labute approximate surface area is 260 Å². The molecular weight excluding hydrogens is 650 g/mol. The van der Waals surface area contributed by atoms with Crippen molar-refractivity contribution in [1.82, 2.24) is 40.3 Å². The number of alkyl halides is 6. The molecule has 2 amide bonds. The molecule has 0 radical (unpaired) electrons. The second kappa shape index (κ2) is 13.5. The molecule has 1 aromatic carbocycles. The number of anilines is 1. The first-order chi connectivity index (χ1) is 21.6. The van der Waals surface area contributed by atoms with Gasteiger partial charge in [0.05, 0.1) is 46.2 Å². The number of benzene rings is 1. The van der Waals surface area contributed by atoms with Crippen LogP contribution in [0.15, 0.2) is 36.5 Å². The van der Waals surface area contributed by atoms with E-state index < -0.39 is 49.4 Å². The molecule has 0 aliphatic carbocycles. The highest BCUT2D eigenvalue weighted by Crippen LogP contribution is 2.27. The molecule has 0 fully saturated rings. The second-order valence-corrected chi connectivity index (χ2v) is 9.91. The van der Waals surface area contributed by atoms with Gasteiger partial charge in [0.15, 0.2) is 5.82 Å². The lowest BCUT2D eigenvalue weighted by atomic mass is 10.0. The van der Waals surface area contributed by atoms with Gasteiger partial charge in [0.2, 0.25) is 0 Å². The molecule has 3 heterocycles. The monoisotopic (exact) mass is 670 g/mol. The molecule has 0 aliphatic rings. The molecule has 0 saturated carbocycles. The van der Waals surface area contributed by atoms with Crippen LogP contribution in [0.5, 0.6) is 0 Å². The summed E-state index contributed by atoms with van der Waals surface area (Å²) in [5, 5.41) is 28.3. The largest absolute Gasteiger partial charge is 0.522 e. The number of pyridine rings is 1. The zero-order valence-electron chi connectivity index (χ0n) is 23.6. The summed E-state index contributed by atoms with van der Waals surface area (Å²) in [5.41, 5.74) is -0.335. The van der Waals surface area contributed by atoms with Crippen LogP contribution in [0.25, 0.3) is 5.82 Å². The number of aryl methyl sites for hydroxylation is 1. The van der Waals surface area contributed by atoms with Gasteiger partial charge < -0.3 is 10.6 Å². The molecule has 0 spiro atoms. The van der Waals surface area contributed by atoms with Crippen molar-refractivity contribution < 1.29 is 40.7 Å². The van der Waals surface area contributed by atoms with Crippen molar-refractivity contribution in [2.75, 3.05) is 11.9 Å². The molecule has 0 aliphatic heterocycles. The predicted molar refractivity (Wildman–Crippen MR) is 146 cm³/mol. The lowest BCUT2D eigenvalue weighted by Crippen LogP contribution is -2.39. The fourth-order valence-electron chi connectivity index (χ4n) is 4.03. The topological polar surface area (TPSA) is 166 Å². The Morgan fingerprint density at radius 1 is 1.13 bits per heavy atom. The molecule has 4 rings (SSSR count). The van der Waals surface area contributed by atoms with E-state index in [0.29, 0.717) is 4.80 Å². The van der Waals surface area contributed by atoms with Crippen LogP contribution in [-0.4, -0.2) is 65.8 Å². The van der Waals surface area contributed by atoms with Crippen molar-refractivity contribution in [2.45, 2.75) is 45.4 Å². The Balaban J connectivity index is 1.70. The quantitative estimate of drug-likeness (QED) is 0.232. The van der Waals surface area contributed by atoms with Crippen LogP contribution in [0.3, 0.4) is 0 Å². The van der Waals surface area contributed by atoms with Crippen molar-refractivity contribution in [3.8, 4) is 11.9 Å². The van der Waals surface area contributed by atoms with Crippen LogP contribution in [0, 0.1) is 18.3 Å². The Bertz CT molecular complexity index is 1800. The van der Waals surface area contributed by atoms with Crippen molar-refractivity contribution in [3.63, 3.8) is 0 Å². The van der Waals surface area contributed by atoms with E-state index >= 15 is 0 Å². The van der Waals surface area contributed by atoms with Gasteiger partial charge in [0.1, 0.15) is 12.2 Å². The third-order valence-corrected chi connectivity index (χ3v) is 6.46. The maximum Gasteiger partial charge on any atom is 0.522 e. The third kappa shape index (κ3) is 8.13. The average molecular weight is 671 g/mol. The molecule has 3 aromatic heterocycles. The van der Waals surface area contributed by atoms with Crippen LogP contribution >= 0.6 is 11.6 Å². The lowest BCUT2D eigenvalue weighted by Gasteiger charge is -2.20. The van der Waals surface area contributed by atoms with Gasteiger partial charge in [-0.1, -0.05) is 18.5 Å². The minimum Gasteiger partial charge on any atom is -0.347 e. The van der Waals surface area contributed by atoms with Crippen LogP contribution < -0.4 is 10.6 Å². The molecule has 242 valence electrons. The van der Waals surface area contributed by atoms with E-state index in [9.17, 15) is 41.2 Å². The van der Waals surface area contributed by atoms with E-state index in [0.717, 1.165) is 10.7 Å². The number of nitrogens with zero attached hydrogens (tertiary/aromatic N) is 8. The highest BCUT2D eigenvalue weighted by molar-refractivity contribution is 6.32. The number of carbonyl (C=O) groups is 2.